The lowest BCUT2D eigenvalue weighted by Gasteiger charge is -2.26. The highest BCUT2D eigenvalue weighted by molar-refractivity contribution is 6.09. The van der Waals surface area contributed by atoms with Gasteiger partial charge < -0.3 is 18.6 Å². The van der Waals surface area contributed by atoms with E-state index >= 15 is 0 Å². The molecular formula is C102H70N2O2. The van der Waals surface area contributed by atoms with Gasteiger partial charge in [0.2, 0.25) is 0 Å². The molecule has 500 valence electrons. The van der Waals surface area contributed by atoms with Gasteiger partial charge in [0.05, 0.1) is 0 Å². The molecular weight excluding hydrogens is 1290 g/mol. The molecule has 17 aromatic carbocycles. The van der Waals surface area contributed by atoms with Crippen molar-refractivity contribution in [1.82, 2.24) is 0 Å². The Bertz CT molecular complexity index is 6120. The minimum Gasteiger partial charge on any atom is -0.456 e. The highest BCUT2D eigenvalue weighted by atomic mass is 16.3. The monoisotopic (exact) mass is 1350 g/mol. The molecule has 0 atom stereocenters. The molecule has 106 heavy (non-hydrogen) atoms. The summed E-state index contributed by atoms with van der Waals surface area (Å²) in [7, 11) is 0. The first-order valence-corrected chi connectivity index (χ1v) is 36.1. The molecule has 2 aromatic heterocycles. The Labute approximate surface area is 617 Å². The number of para-hydroxylation sites is 1. The standard InChI is InChI=1S/C54H37NO.C48H33NO/c1-4-10-38(11-5-1)42-20-28-48(29-21-42)55(49-30-22-43(23-31-49)39-12-6-2-7-13-39)50-32-24-44(25-33-50)41-16-18-45(19-17-41)47-27-35-54-52(37-47)51-36-46(26-34-53(51)56-54)40-14-8-3-9-15-40;1-4-10-34(11-5-1)37-20-26-43(27-21-37)49(42-14-8-3-9-15-42)44-28-22-38(23-29-44)36-16-18-39(19-17-36)41-25-31-48-46(33-41)45-32-40(24-30-47(45)50-48)35-12-6-2-7-13-35/h1-37H;1-33H. The molecule has 0 unspecified atom stereocenters. The van der Waals surface area contributed by atoms with Crippen molar-refractivity contribution in [3.63, 3.8) is 0 Å². The van der Waals surface area contributed by atoms with Gasteiger partial charge in [-0.15, -0.1) is 0 Å². The first-order valence-electron chi connectivity index (χ1n) is 36.1. The Kier molecular flexibility index (Phi) is 17.4. The number of nitrogens with zero attached hydrogens (tertiary/aromatic N) is 2. The van der Waals surface area contributed by atoms with E-state index < -0.39 is 0 Å². The van der Waals surface area contributed by atoms with Crippen LogP contribution in [0.5, 0.6) is 0 Å². The second-order valence-electron chi connectivity index (χ2n) is 26.8. The Morgan fingerprint density at radius 3 is 0.472 bits per heavy atom. The molecule has 0 radical (unpaired) electrons. The van der Waals surface area contributed by atoms with Gasteiger partial charge in [0.25, 0.3) is 0 Å². The summed E-state index contributed by atoms with van der Waals surface area (Å²) in [6.45, 7) is 0. The quantitative estimate of drug-likeness (QED) is 0.102. The summed E-state index contributed by atoms with van der Waals surface area (Å²) >= 11 is 0. The lowest BCUT2D eigenvalue weighted by molar-refractivity contribution is 0.668. The molecule has 0 saturated carbocycles. The maximum Gasteiger partial charge on any atom is 0.135 e. The van der Waals surface area contributed by atoms with Gasteiger partial charge in [-0.25, -0.2) is 0 Å². The van der Waals surface area contributed by atoms with Crippen LogP contribution >= 0.6 is 0 Å². The molecule has 19 rings (SSSR count). The number of hydrogen-bond donors (Lipinski definition) is 0. The van der Waals surface area contributed by atoms with E-state index in [-0.39, 0.29) is 0 Å². The fourth-order valence-corrected chi connectivity index (χ4v) is 14.6. The van der Waals surface area contributed by atoms with Crippen molar-refractivity contribution in [3.05, 3.63) is 425 Å². The Morgan fingerprint density at radius 1 is 0.123 bits per heavy atom. The van der Waals surface area contributed by atoms with Gasteiger partial charge in [0.15, 0.2) is 0 Å². The number of hydrogen-bond acceptors (Lipinski definition) is 4. The van der Waals surface area contributed by atoms with Crippen LogP contribution in [0.2, 0.25) is 0 Å². The summed E-state index contributed by atoms with van der Waals surface area (Å²) in [5, 5.41) is 4.53. The van der Waals surface area contributed by atoms with Crippen molar-refractivity contribution in [2.45, 2.75) is 0 Å². The van der Waals surface area contributed by atoms with Crippen LogP contribution in [0.15, 0.2) is 433 Å². The largest absolute Gasteiger partial charge is 0.456 e. The summed E-state index contributed by atoms with van der Waals surface area (Å²) in [5.74, 6) is 0. The van der Waals surface area contributed by atoms with Gasteiger partial charge >= 0.3 is 0 Å². The van der Waals surface area contributed by atoms with E-state index in [1.807, 2.05) is 0 Å². The zero-order valence-electron chi connectivity index (χ0n) is 58.1. The van der Waals surface area contributed by atoms with Crippen molar-refractivity contribution < 1.29 is 8.83 Å². The molecule has 0 aliphatic rings. The average molecular weight is 1360 g/mol. The molecule has 0 bridgehead atoms. The van der Waals surface area contributed by atoms with Gasteiger partial charge in [-0.3, -0.25) is 0 Å². The molecule has 4 nitrogen and oxygen atoms in total. The molecule has 4 heteroatoms. The maximum atomic E-state index is 6.24. The van der Waals surface area contributed by atoms with Crippen LogP contribution in [0.4, 0.5) is 34.1 Å². The summed E-state index contributed by atoms with van der Waals surface area (Å²) in [5.41, 5.74) is 31.7. The van der Waals surface area contributed by atoms with E-state index in [1.54, 1.807) is 0 Å². The first kappa shape index (κ1) is 64.1. The molecule has 0 amide bonds. The predicted molar refractivity (Wildman–Crippen MR) is 446 cm³/mol. The lowest BCUT2D eigenvalue weighted by atomic mass is 9.98. The van der Waals surface area contributed by atoms with Crippen LogP contribution in [0.3, 0.4) is 0 Å². The number of benzene rings is 17. The SMILES string of the molecule is c1ccc(-c2ccc(N(c3ccc(-c4ccccc4)cc3)c3ccc(-c4ccc(-c5ccc6oc7ccc(-c8ccccc8)cc7c6c5)cc4)cc3)cc2)cc1.c1ccc(-c2ccc(N(c3ccccc3)c3ccc(-c4ccc(-c5ccc6oc7ccc(-c8ccccc8)cc7c6c5)cc4)cc3)cc2)cc1. The van der Waals surface area contributed by atoms with E-state index in [2.05, 4.69) is 434 Å². The Balaban J connectivity index is 0.000000151. The normalized spacial score (nSPS) is 11.2. The smallest absolute Gasteiger partial charge is 0.135 e. The van der Waals surface area contributed by atoms with Crippen molar-refractivity contribution in [2.75, 3.05) is 9.80 Å². The zero-order valence-corrected chi connectivity index (χ0v) is 58.1. The number of anilines is 6. The van der Waals surface area contributed by atoms with Gasteiger partial charge in [0, 0.05) is 55.7 Å². The third-order valence-corrected chi connectivity index (χ3v) is 20.2. The van der Waals surface area contributed by atoms with Crippen molar-refractivity contribution in [1.29, 1.82) is 0 Å². The van der Waals surface area contributed by atoms with E-state index in [9.17, 15) is 0 Å². The molecule has 0 fully saturated rings. The lowest BCUT2D eigenvalue weighted by Crippen LogP contribution is -2.09. The summed E-state index contributed by atoms with van der Waals surface area (Å²) < 4.78 is 12.5. The van der Waals surface area contributed by atoms with Crippen LogP contribution in [0.25, 0.3) is 144 Å². The molecule has 0 aliphatic carbocycles. The van der Waals surface area contributed by atoms with E-state index in [4.69, 9.17) is 8.83 Å². The number of rotatable bonds is 15. The summed E-state index contributed by atoms with van der Waals surface area (Å²) in [6, 6.07) is 151. The number of furan rings is 2. The fourth-order valence-electron chi connectivity index (χ4n) is 14.6. The van der Waals surface area contributed by atoms with Gasteiger partial charge in [-0.1, -0.05) is 303 Å². The first-order chi connectivity index (χ1) is 52.5. The Hall–Kier alpha value is -14.1. The molecule has 19 aromatic rings. The average Bonchev–Trinajstić information content (AvgIpc) is 1.61. The van der Waals surface area contributed by atoms with Crippen molar-refractivity contribution in [2.24, 2.45) is 0 Å². The van der Waals surface area contributed by atoms with Crippen LogP contribution < -0.4 is 9.80 Å². The fraction of sp³-hybridized carbons (Fsp3) is 0. The predicted octanol–water partition coefficient (Wildman–Crippen LogP) is 29.1. The molecule has 0 spiro atoms. The van der Waals surface area contributed by atoms with Gasteiger partial charge in [0.1, 0.15) is 22.3 Å². The highest BCUT2D eigenvalue weighted by Crippen LogP contribution is 2.43. The van der Waals surface area contributed by atoms with Crippen LogP contribution in [0, 0.1) is 0 Å². The second kappa shape index (κ2) is 28.8. The molecule has 0 aliphatic heterocycles. The van der Waals surface area contributed by atoms with Gasteiger partial charge in [-0.2, -0.15) is 0 Å². The molecule has 2 heterocycles. The minimum absolute atomic E-state index is 0.902. The van der Waals surface area contributed by atoms with E-state index in [1.165, 1.54) is 100 Å². The number of fused-ring (bicyclic) bond motifs is 6. The highest BCUT2D eigenvalue weighted by Gasteiger charge is 2.18. The zero-order chi connectivity index (χ0) is 70.5. The molecule has 0 saturated heterocycles. The van der Waals surface area contributed by atoms with Gasteiger partial charge in [-0.05, 0) is 221 Å². The summed E-state index contributed by atoms with van der Waals surface area (Å²) in [4.78, 5) is 4.63. The summed E-state index contributed by atoms with van der Waals surface area (Å²) in [6.07, 6.45) is 0. The van der Waals surface area contributed by atoms with E-state index in [0.29, 0.717) is 0 Å². The second-order valence-corrected chi connectivity index (χ2v) is 26.8. The topological polar surface area (TPSA) is 32.8 Å². The van der Waals surface area contributed by atoms with Crippen LogP contribution in [0.1, 0.15) is 0 Å². The maximum absolute atomic E-state index is 6.24. The van der Waals surface area contributed by atoms with Crippen molar-refractivity contribution >= 4 is 78.0 Å². The Morgan fingerprint density at radius 2 is 0.264 bits per heavy atom. The van der Waals surface area contributed by atoms with Crippen LogP contribution in [-0.4, -0.2) is 0 Å². The molecule has 0 N–H and O–H groups in total. The third-order valence-electron chi connectivity index (χ3n) is 20.2. The van der Waals surface area contributed by atoms with Crippen molar-refractivity contribution in [3.8, 4) is 100 Å². The minimum atomic E-state index is 0.902. The third kappa shape index (κ3) is 13.2. The van der Waals surface area contributed by atoms with E-state index in [0.717, 1.165) is 78.0 Å². The van der Waals surface area contributed by atoms with Crippen LogP contribution in [-0.2, 0) is 0 Å².